The smallest absolute Gasteiger partial charge is 0.160 e. The molecule has 0 radical (unpaired) electrons. The number of allylic oxidation sites excluding steroid dienone is 2. The van der Waals surface area contributed by atoms with Gasteiger partial charge in [-0.2, -0.15) is 0 Å². The van der Waals surface area contributed by atoms with Crippen LogP contribution in [-0.4, -0.2) is 12.2 Å². The van der Waals surface area contributed by atoms with Crippen molar-refractivity contribution in [1.29, 1.82) is 0 Å². The molecular weight excluding hydrogens is 345 g/mol. The minimum atomic E-state index is 0.0465. The minimum Gasteiger partial charge on any atom is -0.504 e. The molecule has 24 heavy (non-hydrogen) atoms. The van der Waals surface area contributed by atoms with E-state index in [1.54, 1.807) is 19.2 Å². The summed E-state index contributed by atoms with van der Waals surface area (Å²) >= 11 is 12.9. The molecule has 3 nitrogen and oxygen atoms in total. The van der Waals surface area contributed by atoms with Gasteiger partial charge in [-0.05, 0) is 42.2 Å². The number of aromatic hydroxyl groups is 1. The van der Waals surface area contributed by atoms with Crippen molar-refractivity contribution in [3.05, 3.63) is 63.7 Å². The number of benzene rings is 2. The van der Waals surface area contributed by atoms with E-state index in [1.165, 1.54) is 0 Å². The van der Waals surface area contributed by atoms with Gasteiger partial charge in [0.1, 0.15) is 0 Å². The second kappa shape index (κ2) is 5.91. The Morgan fingerprint density at radius 2 is 1.96 bits per heavy atom. The number of phenols is 1. The molecule has 2 aliphatic rings. The standard InChI is InChI=1S/C19H17Cl2NO2/c1-24-16-8-5-10(9-15(16)23)18-12-4-2-3-11(12)17-13(20)6-7-14(21)19(17)22-18/h2-3,5-9,11-12,18,22-23H,4H2,1H3. The van der Waals surface area contributed by atoms with Crippen LogP contribution in [0.3, 0.4) is 0 Å². The highest BCUT2D eigenvalue weighted by Gasteiger charge is 2.40. The van der Waals surface area contributed by atoms with Gasteiger partial charge in [0.25, 0.3) is 0 Å². The second-order valence-electron chi connectivity index (χ2n) is 6.22. The number of hydrogen-bond donors (Lipinski definition) is 2. The Bertz CT molecular complexity index is 834. The lowest BCUT2D eigenvalue weighted by atomic mass is 9.77. The van der Waals surface area contributed by atoms with Gasteiger partial charge >= 0.3 is 0 Å². The molecule has 0 spiro atoms. The fourth-order valence-corrected chi connectivity index (χ4v) is 4.36. The molecular formula is C19H17Cl2NO2. The summed E-state index contributed by atoms with van der Waals surface area (Å²) in [4.78, 5) is 0. The number of methoxy groups -OCH3 is 1. The molecule has 2 aromatic carbocycles. The third-order valence-corrected chi connectivity index (χ3v) is 5.62. The molecule has 5 heteroatoms. The number of ether oxygens (including phenoxy) is 1. The largest absolute Gasteiger partial charge is 0.504 e. The summed E-state index contributed by atoms with van der Waals surface area (Å²) in [6, 6.07) is 9.25. The summed E-state index contributed by atoms with van der Waals surface area (Å²) in [7, 11) is 1.54. The predicted octanol–water partition coefficient (Wildman–Crippen LogP) is 5.53. The number of rotatable bonds is 2. The summed E-state index contributed by atoms with van der Waals surface area (Å²) in [5.74, 6) is 1.17. The van der Waals surface area contributed by atoms with Crippen LogP contribution >= 0.6 is 23.2 Å². The van der Waals surface area contributed by atoms with E-state index < -0.39 is 0 Å². The van der Waals surface area contributed by atoms with E-state index in [4.69, 9.17) is 27.9 Å². The molecule has 0 bridgehead atoms. The van der Waals surface area contributed by atoms with Gasteiger partial charge in [0.15, 0.2) is 11.5 Å². The maximum atomic E-state index is 10.1. The van der Waals surface area contributed by atoms with Crippen molar-refractivity contribution in [1.82, 2.24) is 0 Å². The van der Waals surface area contributed by atoms with E-state index in [-0.39, 0.29) is 17.7 Å². The summed E-state index contributed by atoms with van der Waals surface area (Å²) in [5.41, 5.74) is 2.96. The first-order valence-corrected chi connectivity index (χ1v) is 8.63. The van der Waals surface area contributed by atoms with Gasteiger partial charge in [0.05, 0.1) is 23.9 Å². The first kappa shape index (κ1) is 15.7. The number of anilines is 1. The highest BCUT2D eigenvalue weighted by molar-refractivity contribution is 6.36. The average Bonchev–Trinajstić information content (AvgIpc) is 3.06. The molecule has 0 fully saturated rings. The van der Waals surface area contributed by atoms with Crippen LogP contribution in [0.2, 0.25) is 10.0 Å². The van der Waals surface area contributed by atoms with Crippen molar-refractivity contribution >= 4 is 28.9 Å². The Kier molecular flexibility index (Phi) is 3.86. The number of fused-ring (bicyclic) bond motifs is 3. The fourth-order valence-electron chi connectivity index (χ4n) is 3.86. The molecule has 3 atom stereocenters. The predicted molar refractivity (Wildman–Crippen MR) is 97.5 cm³/mol. The first-order chi connectivity index (χ1) is 11.6. The van der Waals surface area contributed by atoms with Gasteiger partial charge < -0.3 is 15.2 Å². The van der Waals surface area contributed by atoms with Crippen LogP contribution in [0.5, 0.6) is 11.5 Å². The van der Waals surface area contributed by atoms with E-state index >= 15 is 0 Å². The molecule has 2 N–H and O–H groups in total. The Hall–Kier alpha value is -1.84. The summed E-state index contributed by atoms with van der Waals surface area (Å²) in [6.45, 7) is 0. The first-order valence-electron chi connectivity index (χ1n) is 7.88. The lowest BCUT2D eigenvalue weighted by Gasteiger charge is -2.38. The normalized spacial score (nSPS) is 24.2. The third-order valence-electron chi connectivity index (χ3n) is 4.98. The Labute approximate surface area is 150 Å². The Balaban J connectivity index is 1.81. The van der Waals surface area contributed by atoms with E-state index in [9.17, 15) is 5.11 Å². The van der Waals surface area contributed by atoms with Gasteiger partial charge in [-0.25, -0.2) is 0 Å². The highest BCUT2D eigenvalue weighted by atomic mass is 35.5. The number of hydrogen-bond acceptors (Lipinski definition) is 3. The van der Waals surface area contributed by atoms with Crippen molar-refractivity contribution in [3.63, 3.8) is 0 Å². The maximum Gasteiger partial charge on any atom is 0.160 e. The van der Waals surface area contributed by atoms with Crippen LogP contribution < -0.4 is 10.1 Å². The molecule has 1 aliphatic heterocycles. The van der Waals surface area contributed by atoms with Crippen molar-refractivity contribution in [3.8, 4) is 11.5 Å². The number of halogens is 2. The summed E-state index contributed by atoms with van der Waals surface area (Å²) in [6.07, 6.45) is 5.36. The molecule has 0 aromatic heterocycles. The Morgan fingerprint density at radius 3 is 2.71 bits per heavy atom. The molecule has 0 saturated carbocycles. The monoisotopic (exact) mass is 361 g/mol. The van der Waals surface area contributed by atoms with Gasteiger partial charge in [-0.15, -0.1) is 0 Å². The SMILES string of the molecule is COc1ccc(C2Nc3c(Cl)ccc(Cl)c3C3C=CCC32)cc1O. The zero-order chi connectivity index (χ0) is 16.8. The fraction of sp³-hybridized carbons (Fsp3) is 0.263. The lowest BCUT2D eigenvalue weighted by Crippen LogP contribution is -2.29. The number of nitrogens with one attached hydrogen (secondary N) is 1. The van der Waals surface area contributed by atoms with Crippen LogP contribution in [0.25, 0.3) is 0 Å². The highest BCUT2D eigenvalue weighted by Crippen LogP contribution is 2.53. The molecule has 0 amide bonds. The van der Waals surface area contributed by atoms with Crippen molar-refractivity contribution in [2.75, 3.05) is 12.4 Å². The zero-order valence-electron chi connectivity index (χ0n) is 13.1. The van der Waals surface area contributed by atoms with Crippen LogP contribution in [0.4, 0.5) is 5.69 Å². The van der Waals surface area contributed by atoms with Crippen LogP contribution in [0.1, 0.15) is 29.5 Å². The van der Waals surface area contributed by atoms with Crippen molar-refractivity contribution < 1.29 is 9.84 Å². The molecule has 124 valence electrons. The molecule has 1 heterocycles. The van der Waals surface area contributed by atoms with Crippen LogP contribution in [0.15, 0.2) is 42.5 Å². The van der Waals surface area contributed by atoms with E-state index in [2.05, 4.69) is 17.5 Å². The van der Waals surface area contributed by atoms with Gasteiger partial charge in [-0.3, -0.25) is 0 Å². The molecule has 1 aliphatic carbocycles. The van der Waals surface area contributed by atoms with Crippen LogP contribution in [-0.2, 0) is 0 Å². The average molecular weight is 362 g/mol. The van der Waals surface area contributed by atoms with Crippen molar-refractivity contribution in [2.24, 2.45) is 5.92 Å². The van der Waals surface area contributed by atoms with Crippen molar-refractivity contribution in [2.45, 2.75) is 18.4 Å². The van der Waals surface area contributed by atoms with E-state index in [0.29, 0.717) is 16.7 Å². The molecule has 4 rings (SSSR count). The van der Waals surface area contributed by atoms with E-state index in [0.717, 1.165) is 28.3 Å². The molecule has 2 aromatic rings. The summed E-state index contributed by atoms with van der Waals surface area (Å²) in [5, 5.41) is 15.1. The minimum absolute atomic E-state index is 0.0465. The molecule has 3 unspecified atom stereocenters. The lowest BCUT2D eigenvalue weighted by molar-refractivity contribution is 0.371. The Morgan fingerprint density at radius 1 is 1.17 bits per heavy atom. The maximum absolute atomic E-state index is 10.1. The van der Waals surface area contributed by atoms with Gasteiger partial charge in [0, 0.05) is 16.5 Å². The molecule has 0 saturated heterocycles. The summed E-state index contributed by atoms with van der Waals surface area (Å²) < 4.78 is 5.14. The topological polar surface area (TPSA) is 41.5 Å². The number of phenolic OH excluding ortho intramolecular Hbond substituents is 1. The zero-order valence-corrected chi connectivity index (χ0v) is 14.6. The van der Waals surface area contributed by atoms with Gasteiger partial charge in [-0.1, -0.05) is 41.4 Å². The third kappa shape index (κ3) is 2.35. The van der Waals surface area contributed by atoms with Crippen LogP contribution in [0, 0.1) is 5.92 Å². The quantitative estimate of drug-likeness (QED) is 0.690. The van der Waals surface area contributed by atoms with E-state index in [1.807, 2.05) is 18.2 Å². The second-order valence-corrected chi connectivity index (χ2v) is 7.04. The van der Waals surface area contributed by atoms with Gasteiger partial charge in [0.2, 0.25) is 0 Å².